The van der Waals surface area contributed by atoms with Crippen molar-refractivity contribution >= 4 is 21.6 Å². The molecule has 1 aromatic rings. The van der Waals surface area contributed by atoms with Crippen LogP contribution in [-0.2, 0) is 24.4 Å². The van der Waals surface area contributed by atoms with Gasteiger partial charge in [0.1, 0.15) is 0 Å². The SMILES string of the molecule is CCN(OCOCC(C)C)S(=O)(=O)C(O)C(=O)Nc1c(C)cccc1C. The van der Waals surface area contributed by atoms with Crippen molar-refractivity contribution in [1.82, 2.24) is 4.47 Å². The molecular weight excluding hydrogens is 360 g/mol. The second kappa shape index (κ2) is 9.98. The minimum absolute atomic E-state index is 0.0822. The number of carbonyl (C=O) groups excluding carboxylic acids is 1. The van der Waals surface area contributed by atoms with Gasteiger partial charge in [0.15, 0.2) is 6.79 Å². The number of benzene rings is 1. The van der Waals surface area contributed by atoms with Crippen molar-refractivity contribution in [3.63, 3.8) is 0 Å². The molecule has 2 N–H and O–H groups in total. The second-order valence-electron chi connectivity index (χ2n) is 6.28. The molecule has 0 aliphatic heterocycles. The number of sulfonamides is 1. The zero-order valence-corrected chi connectivity index (χ0v) is 16.7. The molecule has 0 saturated heterocycles. The lowest BCUT2D eigenvalue weighted by atomic mass is 10.1. The molecule has 0 aliphatic rings. The fraction of sp³-hybridized carbons (Fsp3) is 0.588. The van der Waals surface area contributed by atoms with Crippen LogP contribution in [0.3, 0.4) is 0 Å². The van der Waals surface area contributed by atoms with E-state index in [9.17, 15) is 18.3 Å². The molecule has 1 rings (SSSR count). The highest BCUT2D eigenvalue weighted by Crippen LogP contribution is 2.20. The Balaban J connectivity index is 2.80. The number of nitrogens with zero attached hydrogens (tertiary/aromatic N) is 1. The third kappa shape index (κ3) is 6.03. The number of aliphatic hydroxyl groups is 1. The van der Waals surface area contributed by atoms with Gasteiger partial charge in [0, 0.05) is 12.2 Å². The van der Waals surface area contributed by atoms with Crippen molar-refractivity contribution in [2.75, 3.05) is 25.3 Å². The Labute approximate surface area is 155 Å². The van der Waals surface area contributed by atoms with E-state index in [4.69, 9.17) is 9.57 Å². The maximum absolute atomic E-state index is 12.4. The first-order chi connectivity index (χ1) is 12.1. The van der Waals surface area contributed by atoms with Crippen molar-refractivity contribution < 1.29 is 27.9 Å². The zero-order valence-electron chi connectivity index (χ0n) is 15.9. The summed E-state index contributed by atoms with van der Waals surface area (Å²) in [5.41, 5.74) is -0.315. The monoisotopic (exact) mass is 388 g/mol. The van der Waals surface area contributed by atoms with E-state index in [1.165, 1.54) is 6.92 Å². The lowest BCUT2D eigenvalue weighted by molar-refractivity contribution is -0.176. The van der Waals surface area contributed by atoms with Crippen LogP contribution in [-0.4, -0.2) is 49.3 Å². The minimum atomic E-state index is -4.42. The van der Waals surface area contributed by atoms with Crippen LogP contribution in [0.25, 0.3) is 0 Å². The molecule has 0 bridgehead atoms. The Bertz CT molecular complexity index is 685. The number of hydrogen-bond acceptors (Lipinski definition) is 6. The smallest absolute Gasteiger partial charge is 0.272 e. The number of ether oxygens (including phenoxy) is 1. The van der Waals surface area contributed by atoms with Crippen LogP contribution < -0.4 is 5.32 Å². The Kier molecular flexibility index (Phi) is 8.65. The molecule has 0 radical (unpaired) electrons. The summed E-state index contributed by atoms with van der Waals surface area (Å²) in [6.45, 7) is 8.97. The average molecular weight is 388 g/mol. The van der Waals surface area contributed by atoms with Crippen molar-refractivity contribution in [3.8, 4) is 0 Å². The summed E-state index contributed by atoms with van der Waals surface area (Å²) in [6.07, 6.45) is 0. The molecule has 8 nitrogen and oxygen atoms in total. The minimum Gasteiger partial charge on any atom is -0.368 e. The number of carbonyl (C=O) groups is 1. The van der Waals surface area contributed by atoms with E-state index in [0.29, 0.717) is 16.8 Å². The van der Waals surface area contributed by atoms with E-state index in [1.807, 2.05) is 19.9 Å². The molecular formula is C17H28N2O6S. The predicted molar refractivity (Wildman–Crippen MR) is 98.6 cm³/mol. The molecule has 26 heavy (non-hydrogen) atoms. The average Bonchev–Trinajstić information content (AvgIpc) is 2.56. The van der Waals surface area contributed by atoms with Crippen LogP contribution in [0.5, 0.6) is 0 Å². The number of para-hydroxylation sites is 1. The van der Waals surface area contributed by atoms with E-state index in [2.05, 4.69) is 5.32 Å². The molecule has 1 amide bonds. The van der Waals surface area contributed by atoms with E-state index >= 15 is 0 Å². The van der Waals surface area contributed by atoms with Crippen molar-refractivity contribution in [2.45, 2.75) is 40.1 Å². The molecule has 1 aromatic carbocycles. The molecule has 0 heterocycles. The van der Waals surface area contributed by atoms with Gasteiger partial charge in [-0.15, -0.1) is 0 Å². The second-order valence-corrected chi connectivity index (χ2v) is 8.17. The molecule has 0 fully saturated rings. The van der Waals surface area contributed by atoms with E-state index in [0.717, 1.165) is 11.1 Å². The van der Waals surface area contributed by atoms with Crippen LogP contribution in [0.2, 0.25) is 0 Å². The van der Waals surface area contributed by atoms with Crippen molar-refractivity contribution in [3.05, 3.63) is 29.3 Å². The van der Waals surface area contributed by atoms with E-state index < -0.39 is 21.4 Å². The van der Waals surface area contributed by atoms with Gasteiger partial charge in [0.05, 0.1) is 6.61 Å². The third-order valence-corrected chi connectivity index (χ3v) is 5.22. The Morgan fingerprint density at radius 2 is 1.85 bits per heavy atom. The Morgan fingerprint density at radius 1 is 1.27 bits per heavy atom. The van der Waals surface area contributed by atoms with Gasteiger partial charge in [-0.3, -0.25) is 9.63 Å². The van der Waals surface area contributed by atoms with Gasteiger partial charge >= 0.3 is 0 Å². The zero-order chi connectivity index (χ0) is 19.9. The molecule has 0 saturated carbocycles. The van der Waals surface area contributed by atoms with Crippen LogP contribution >= 0.6 is 0 Å². The predicted octanol–water partition coefficient (Wildman–Crippen LogP) is 1.77. The molecule has 0 aromatic heterocycles. The summed E-state index contributed by atoms with van der Waals surface area (Å²) in [7, 11) is -4.42. The van der Waals surface area contributed by atoms with Gasteiger partial charge in [-0.1, -0.05) is 36.5 Å². The lowest BCUT2D eigenvalue weighted by Gasteiger charge is -2.23. The normalized spacial score (nSPS) is 13.2. The standard InChI is InChI=1S/C17H28N2O6S/c1-6-19(25-11-24-10-12(2)3)26(22,23)17(21)16(20)18-15-13(4)8-7-9-14(15)5/h7-9,12,17,21H,6,10-11H2,1-5H3,(H,18,20). The third-order valence-electron chi connectivity index (χ3n) is 3.51. The van der Waals surface area contributed by atoms with Gasteiger partial charge in [0.2, 0.25) is 0 Å². The van der Waals surface area contributed by atoms with Crippen LogP contribution in [0.4, 0.5) is 5.69 Å². The van der Waals surface area contributed by atoms with E-state index in [-0.39, 0.29) is 19.3 Å². The molecule has 0 spiro atoms. The van der Waals surface area contributed by atoms with Gasteiger partial charge in [-0.25, -0.2) is 8.42 Å². The summed E-state index contributed by atoms with van der Waals surface area (Å²) < 4.78 is 30.6. The quantitative estimate of drug-likeness (QED) is 0.360. The number of aliphatic hydroxyl groups excluding tert-OH is 1. The Morgan fingerprint density at radius 3 is 2.35 bits per heavy atom. The maximum atomic E-state index is 12.4. The number of anilines is 1. The Hall–Kier alpha value is -1.52. The number of hydrogen-bond donors (Lipinski definition) is 2. The number of rotatable bonds is 10. The number of amides is 1. The highest BCUT2D eigenvalue weighted by atomic mass is 32.2. The largest absolute Gasteiger partial charge is 0.368 e. The summed E-state index contributed by atoms with van der Waals surface area (Å²) in [4.78, 5) is 17.3. The maximum Gasteiger partial charge on any atom is 0.272 e. The number of hydroxylamine groups is 1. The first kappa shape index (κ1) is 22.5. The lowest BCUT2D eigenvalue weighted by Crippen LogP contribution is -2.45. The summed E-state index contributed by atoms with van der Waals surface area (Å²) in [5.74, 6) is -0.786. The summed E-state index contributed by atoms with van der Waals surface area (Å²) in [6, 6.07) is 5.37. The van der Waals surface area contributed by atoms with E-state index in [1.54, 1.807) is 26.0 Å². The molecule has 1 unspecified atom stereocenters. The fourth-order valence-corrected chi connectivity index (χ4v) is 3.27. The van der Waals surface area contributed by atoms with Crippen molar-refractivity contribution in [1.29, 1.82) is 0 Å². The number of nitrogens with one attached hydrogen (secondary N) is 1. The fourth-order valence-electron chi connectivity index (χ4n) is 2.17. The summed E-state index contributed by atoms with van der Waals surface area (Å²) >= 11 is 0. The highest BCUT2D eigenvalue weighted by molar-refractivity contribution is 7.90. The molecule has 1 atom stereocenters. The van der Waals surface area contributed by atoms with Crippen LogP contribution in [0, 0.1) is 19.8 Å². The van der Waals surface area contributed by atoms with Crippen LogP contribution in [0.15, 0.2) is 18.2 Å². The van der Waals surface area contributed by atoms with Crippen molar-refractivity contribution in [2.24, 2.45) is 5.92 Å². The first-order valence-electron chi connectivity index (χ1n) is 8.38. The highest BCUT2D eigenvalue weighted by Gasteiger charge is 2.36. The molecule has 148 valence electrons. The molecule has 0 aliphatic carbocycles. The molecule has 9 heteroatoms. The van der Waals surface area contributed by atoms with Gasteiger partial charge in [0.25, 0.3) is 21.4 Å². The first-order valence-corrected chi connectivity index (χ1v) is 9.88. The number of aryl methyl sites for hydroxylation is 2. The summed E-state index contributed by atoms with van der Waals surface area (Å²) in [5, 5.41) is 12.5. The van der Waals surface area contributed by atoms with Crippen LogP contribution in [0.1, 0.15) is 31.9 Å². The van der Waals surface area contributed by atoms with Gasteiger partial charge in [-0.05, 0) is 37.8 Å². The van der Waals surface area contributed by atoms with Gasteiger partial charge in [-0.2, -0.15) is 0 Å². The topological polar surface area (TPSA) is 105 Å². The van der Waals surface area contributed by atoms with Gasteiger partial charge < -0.3 is 15.2 Å².